The number of para-hydroxylation sites is 1. The Kier molecular flexibility index (Phi) is 5.43. The monoisotopic (exact) mass is 364 g/mol. The fourth-order valence-electron chi connectivity index (χ4n) is 3.10. The molecule has 0 unspecified atom stereocenters. The topological polar surface area (TPSA) is 49.4 Å². The van der Waals surface area contributed by atoms with Crippen molar-refractivity contribution < 1.29 is 8.42 Å². The minimum Gasteiger partial charge on any atom is -0.367 e. The highest BCUT2D eigenvalue weighted by molar-refractivity contribution is 7.88. The molecule has 128 valence electrons. The SMILES string of the molecule is O=S(=O)(Cc1ccccc1Cl)NC[C@@H]1CCCN1c1ccccc1. The standard InChI is InChI=1S/C18H21ClN2O2S/c19-18-11-5-4-7-15(18)14-24(22,23)20-13-17-10-6-12-21(17)16-8-2-1-3-9-16/h1-5,7-9,11,17,20H,6,10,12-14H2/t17-/m0/s1. The maximum atomic E-state index is 12.4. The van der Waals surface area contributed by atoms with Crippen LogP contribution < -0.4 is 9.62 Å². The second kappa shape index (κ2) is 7.55. The molecule has 1 atom stereocenters. The van der Waals surface area contributed by atoms with Gasteiger partial charge in [0.25, 0.3) is 0 Å². The third kappa shape index (κ3) is 4.29. The van der Waals surface area contributed by atoms with Gasteiger partial charge in [-0.3, -0.25) is 0 Å². The first kappa shape index (κ1) is 17.3. The van der Waals surface area contributed by atoms with Crippen molar-refractivity contribution in [2.24, 2.45) is 0 Å². The van der Waals surface area contributed by atoms with Crippen molar-refractivity contribution in [3.63, 3.8) is 0 Å². The molecule has 1 saturated heterocycles. The summed E-state index contributed by atoms with van der Waals surface area (Å²) in [6, 6.07) is 17.4. The maximum absolute atomic E-state index is 12.4. The van der Waals surface area contributed by atoms with Crippen LogP contribution in [0, 0.1) is 0 Å². The van der Waals surface area contributed by atoms with E-state index in [4.69, 9.17) is 11.6 Å². The Morgan fingerprint density at radius 1 is 1.08 bits per heavy atom. The van der Waals surface area contributed by atoms with Crippen LogP contribution in [0.4, 0.5) is 5.69 Å². The third-order valence-electron chi connectivity index (χ3n) is 4.31. The second-order valence-corrected chi connectivity index (χ2v) is 8.24. The number of halogens is 1. The van der Waals surface area contributed by atoms with Crippen molar-refractivity contribution in [1.82, 2.24) is 4.72 Å². The zero-order chi connectivity index (χ0) is 17.0. The molecule has 1 aliphatic heterocycles. The van der Waals surface area contributed by atoms with E-state index in [1.807, 2.05) is 18.2 Å². The Morgan fingerprint density at radius 2 is 1.79 bits per heavy atom. The third-order valence-corrected chi connectivity index (χ3v) is 5.97. The van der Waals surface area contributed by atoms with Crippen molar-refractivity contribution >= 4 is 27.3 Å². The predicted molar refractivity (Wildman–Crippen MR) is 98.9 cm³/mol. The Bertz CT molecular complexity index is 781. The van der Waals surface area contributed by atoms with E-state index in [0.29, 0.717) is 17.1 Å². The zero-order valence-corrected chi connectivity index (χ0v) is 14.9. The molecule has 1 fully saturated rings. The van der Waals surface area contributed by atoms with Crippen molar-refractivity contribution in [2.75, 3.05) is 18.0 Å². The summed E-state index contributed by atoms with van der Waals surface area (Å²) >= 11 is 6.06. The van der Waals surface area contributed by atoms with Crippen LogP contribution in [0.1, 0.15) is 18.4 Å². The number of nitrogens with zero attached hydrogens (tertiary/aromatic N) is 1. The van der Waals surface area contributed by atoms with E-state index in [0.717, 1.165) is 25.1 Å². The van der Waals surface area contributed by atoms with Crippen LogP contribution in [0.3, 0.4) is 0 Å². The summed E-state index contributed by atoms with van der Waals surface area (Å²) in [5.74, 6) is -0.0925. The number of hydrogen-bond donors (Lipinski definition) is 1. The highest BCUT2D eigenvalue weighted by Gasteiger charge is 2.26. The molecule has 0 saturated carbocycles. The van der Waals surface area contributed by atoms with E-state index < -0.39 is 10.0 Å². The van der Waals surface area contributed by atoms with E-state index in [-0.39, 0.29) is 11.8 Å². The fraction of sp³-hybridized carbons (Fsp3) is 0.333. The number of sulfonamides is 1. The van der Waals surface area contributed by atoms with Gasteiger partial charge in [0, 0.05) is 29.8 Å². The summed E-state index contributed by atoms with van der Waals surface area (Å²) in [6.07, 6.45) is 2.06. The number of hydrogen-bond acceptors (Lipinski definition) is 3. The quantitative estimate of drug-likeness (QED) is 0.854. The normalized spacial score (nSPS) is 18.0. The average molecular weight is 365 g/mol. The Labute approximate surface area is 148 Å². The average Bonchev–Trinajstić information content (AvgIpc) is 3.05. The second-order valence-electron chi connectivity index (χ2n) is 6.02. The van der Waals surface area contributed by atoms with Gasteiger partial charge in [-0.2, -0.15) is 0 Å². The molecule has 6 heteroatoms. The summed E-state index contributed by atoms with van der Waals surface area (Å²) in [4.78, 5) is 2.28. The van der Waals surface area contributed by atoms with E-state index in [1.54, 1.807) is 24.3 Å². The van der Waals surface area contributed by atoms with E-state index >= 15 is 0 Å². The Hall–Kier alpha value is -1.56. The summed E-state index contributed by atoms with van der Waals surface area (Å²) < 4.78 is 27.5. The summed E-state index contributed by atoms with van der Waals surface area (Å²) in [5.41, 5.74) is 1.77. The minimum absolute atomic E-state index is 0.0925. The largest absolute Gasteiger partial charge is 0.367 e. The lowest BCUT2D eigenvalue weighted by Crippen LogP contribution is -2.40. The first-order valence-electron chi connectivity index (χ1n) is 8.07. The molecular formula is C18H21ClN2O2S. The molecule has 3 rings (SSSR count). The number of anilines is 1. The van der Waals surface area contributed by atoms with Gasteiger partial charge in [-0.1, -0.05) is 48.0 Å². The molecule has 1 heterocycles. The molecule has 0 bridgehead atoms. The molecule has 0 aliphatic carbocycles. The van der Waals surface area contributed by atoms with E-state index in [9.17, 15) is 8.42 Å². The lowest BCUT2D eigenvalue weighted by molar-refractivity contribution is 0.566. The molecule has 0 aromatic heterocycles. The minimum atomic E-state index is -3.41. The van der Waals surface area contributed by atoms with Gasteiger partial charge in [-0.25, -0.2) is 13.1 Å². The zero-order valence-electron chi connectivity index (χ0n) is 13.4. The van der Waals surface area contributed by atoms with Gasteiger partial charge in [0.05, 0.1) is 5.75 Å². The van der Waals surface area contributed by atoms with Crippen LogP contribution in [0.2, 0.25) is 5.02 Å². The molecule has 0 amide bonds. The summed E-state index contributed by atoms with van der Waals surface area (Å²) in [5, 5.41) is 0.481. The van der Waals surface area contributed by atoms with Crippen LogP contribution in [0.25, 0.3) is 0 Å². The first-order valence-corrected chi connectivity index (χ1v) is 10.1. The Morgan fingerprint density at radius 3 is 2.54 bits per heavy atom. The Balaban J connectivity index is 1.63. The summed E-state index contributed by atoms with van der Waals surface area (Å²) in [7, 11) is -3.41. The van der Waals surface area contributed by atoms with Gasteiger partial charge in [0.1, 0.15) is 0 Å². The van der Waals surface area contributed by atoms with Gasteiger partial charge in [0.15, 0.2) is 0 Å². The van der Waals surface area contributed by atoms with Crippen LogP contribution in [-0.4, -0.2) is 27.5 Å². The molecule has 1 aliphatic rings. The van der Waals surface area contributed by atoms with Gasteiger partial charge >= 0.3 is 0 Å². The van der Waals surface area contributed by atoms with Crippen molar-refractivity contribution in [2.45, 2.75) is 24.6 Å². The number of rotatable bonds is 6. The van der Waals surface area contributed by atoms with Crippen LogP contribution in [-0.2, 0) is 15.8 Å². The highest BCUT2D eigenvalue weighted by Crippen LogP contribution is 2.25. The van der Waals surface area contributed by atoms with Gasteiger partial charge < -0.3 is 4.90 Å². The fourth-order valence-corrected chi connectivity index (χ4v) is 4.59. The summed E-state index contributed by atoms with van der Waals surface area (Å²) in [6.45, 7) is 1.38. The first-order chi connectivity index (χ1) is 11.6. The van der Waals surface area contributed by atoms with Crippen LogP contribution in [0.15, 0.2) is 54.6 Å². The van der Waals surface area contributed by atoms with Gasteiger partial charge in [-0.15, -0.1) is 0 Å². The van der Waals surface area contributed by atoms with Crippen LogP contribution >= 0.6 is 11.6 Å². The van der Waals surface area contributed by atoms with Crippen LogP contribution in [0.5, 0.6) is 0 Å². The predicted octanol–water partition coefficient (Wildman–Crippen LogP) is 3.43. The molecule has 2 aromatic carbocycles. The molecule has 0 spiro atoms. The van der Waals surface area contributed by atoms with E-state index in [1.165, 1.54) is 0 Å². The number of nitrogens with one attached hydrogen (secondary N) is 1. The smallest absolute Gasteiger partial charge is 0.215 e. The lowest BCUT2D eigenvalue weighted by atomic mass is 10.2. The molecule has 4 nitrogen and oxygen atoms in total. The maximum Gasteiger partial charge on any atom is 0.215 e. The van der Waals surface area contributed by atoms with Gasteiger partial charge in [-0.05, 0) is 36.6 Å². The van der Waals surface area contributed by atoms with E-state index in [2.05, 4.69) is 21.8 Å². The van der Waals surface area contributed by atoms with Crippen molar-refractivity contribution in [3.05, 3.63) is 65.2 Å². The highest BCUT2D eigenvalue weighted by atomic mass is 35.5. The van der Waals surface area contributed by atoms with Crippen molar-refractivity contribution in [3.8, 4) is 0 Å². The molecular weight excluding hydrogens is 344 g/mol. The lowest BCUT2D eigenvalue weighted by Gasteiger charge is -2.27. The molecule has 24 heavy (non-hydrogen) atoms. The van der Waals surface area contributed by atoms with Gasteiger partial charge in [0.2, 0.25) is 10.0 Å². The molecule has 2 aromatic rings. The van der Waals surface area contributed by atoms with Crippen molar-refractivity contribution in [1.29, 1.82) is 0 Å². The number of benzene rings is 2. The molecule has 1 N–H and O–H groups in total. The molecule has 0 radical (unpaired) electrons.